The van der Waals surface area contributed by atoms with E-state index in [9.17, 15) is 24.0 Å². The highest BCUT2D eigenvalue weighted by molar-refractivity contribution is 6.67. The predicted octanol–water partition coefficient (Wildman–Crippen LogP) is 23.6. The molecule has 5 N–H and O–H groups in total. The van der Waals surface area contributed by atoms with Gasteiger partial charge in [0.25, 0.3) is 17.1 Å². The summed E-state index contributed by atoms with van der Waals surface area (Å²) >= 11 is 42.4. The van der Waals surface area contributed by atoms with Crippen LogP contribution in [0.3, 0.4) is 0 Å². The fourth-order valence-electron chi connectivity index (χ4n) is 13.1. The number of nitrogens with two attached hydrogens (primary N) is 1. The fraction of sp³-hybridized carbons (Fsp3) is 0.289. The third-order valence-corrected chi connectivity index (χ3v) is 20.4. The van der Waals surface area contributed by atoms with E-state index in [0.29, 0.717) is 58.2 Å². The summed E-state index contributed by atoms with van der Waals surface area (Å²) in [6.45, 7) is 11.2. The van der Waals surface area contributed by atoms with Crippen molar-refractivity contribution in [3.05, 3.63) is 297 Å². The van der Waals surface area contributed by atoms with Gasteiger partial charge in [-0.15, -0.1) is 0 Å². The normalized spacial score (nSPS) is 17.1. The molecule has 0 unspecified atom stereocenters. The number of rotatable bonds is 11. The molecule has 0 aliphatic heterocycles. The first-order chi connectivity index (χ1) is 48.5. The highest BCUT2D eigenvalue weighted by atomic mass is 35.5. The molecule has 103 heavy (non-hydrogen) atoms. The quantitative estimate of drug-likeness (QED) is 0.0726. The Morgan fingerprint density at radius 1 is 0.408 bits per heavy atom. The van der Waals surface area contributed by atoms with Gasteiger partial charge in [-0.05, 0) is 246 Å². The predicted molar refractivity (Wildman–Crippen MR) is 424 cm³/mol. The van der Waals surface area contributed by atoms with Gasteiger partial charge in [0.1, 0.15) is 11.2 Å². The molecule has 0 radical (unpaired) electrons. The highest BCUT2D eigenvalue weighted by Gasteiger charge is 2.37. The van der Waals surface area contributed by atoms with Crippen molar-refractivity contribution in [2.75, 3.05) is 37.5 Å². The molecule has 0 aromatic heterocycles. The molecule has 0 bridgehead atoms. The van der Waals surface area contributed by atoms with E-state index in [1.807, 2.05) is 200 Å². The lowest BCUT2D eigenvalue weighted by Crippen LogP contribution is -2.38. The van der Waals surface area contributed by atoms with E-state index in [-0.39, 0.29) is 67.3 Å². The Morgan fingerprint density at radius 3 is 1.10 bits per heavy atom. The van der Waals surface area contributed by atoms with Crippen LogP contribution in [-0.4, -0.2) is 71.4 Å². The standard InChI is InChI=1S/C29H30Cl2N2O3.C24H22Cl2N2O.C22H26Cl2N2O2.C7H5ClO.CH4/c1-29(2,3)36-28(35)33(4)26-15-13-21(19-10-14-24(30)25(31)16-19)22-12-11-20(17-23(22)26)32-27(34)18-8-6-5-7-9-18;1-27-23-12-10-18(16-7-11-21(25)22(26)13-16)19-9-8-17(14-20(19)23)28-24(29)15-5-3-2-4-6-15;1-22(2,3)28-21(27)26(4)20-10-8-15(13-5-9-18(23)19(24)11-13)16-7-6-14(25)12-17(16)20;8-7(9)6-4-2-1-3-5-6;/h5-12,14,16-17,21,26H,13,15H2,1-4H3,(H,32,34);2-9,11,13-14,18,23,27H,10,12H2,1H3,(H,28,29);5-7,9,11-12,15,20H,8,10,25H2,1-4H3;1-5H;1H4/t21-,26-;18-,23-;15-,20-;;/m000../s1. The summed E-state index contributed by atoms with van der Waals surface area (Å²) in [7, 11) is 5.52. The smallest absolute Gasteiger partial charge is 0.410 e. The number of carbonyl (C=O) groups is 5. The number of nitrogens with one attached hydrogen (secondary N) is 3. The number of fused-ring (bicyclic) bond motifs is 3. The Balaban J connectivity index is 0.000000185. The second-order valence-electron chi connectivity index (χ2n) is 27.3. The summed E-state index contributed by atoms with van der Waals surface area (Å²) < 4.78 is 11.2. The number of benzene rings is 9. The maximum atomic E-state index is 13.0. The molecule has 20 heteroatoms. The summed E-state index contributed by atoms with van der Waals surface area (Å²) in [6, 6.07) is 62.3. The molecule has 9 aromatic rings. The average Bonchev–Trinajstić information content (AvgIpc) is 0.780. The molecule has 0 saturated heterocycles. The van der Waals surface area contributed by atoms with E-state index in [1.165, 1.54) is 11.1 Å². The maximum Gasteiger partial charge on any atom is 0.410 e. The van der Waals surface area contributed by atoms with Crippen molar-refractivity contribution in [3.8, 4) is 0 Å². The third-order valence-electron chi connectivity index (χ3n) is 18.0. The van der Waals surface area contributed by atoms with Gasteiger partial charge in [0.2, 0.25) is 0 Å². The molecule has 4 amide bonds. The summed E-state index contributed by atoms with van der Waals surface area (Å²) in [5.41, 5.74) is 18.9. The number of amides is 4. The molecule has 3 aliphatic carbocycles. The zero-order valence-electron chi connectivity index (χ0n) is 58.2. The second kappa shape index (κ2) is 36.1. The van der Waals surface area contributed by atoms with Crippen LogP contribution in [0.15, 0.2) is 200 Å². The summed E-state index contributed by atoms with van der Waals surface area (Å²) in [5, 5.41) is 12.3. The van der Waals surface area contributed by atoms with E-state index in [4.69, 9.17) is 96.4 Å². The van der Waals surface area contributed by atoms with Gasteiger partial charge in [0.15, 0.2) is 0 Å². The molecule has 540 valence electrons. The van der Waals surface area contributed by atoms with Crippen molar-refractivity contribution in [2.45, 2.75) is 135 Å². The second-order valence-corrected chi connectivity index (χ2v) is 30.1. The van der Waals surface area contributed by atoms with Gasteiger partial charge in [-0.1, -0.05) is 180 Å². The van der Waals surface area contributed by atoms with Crippen LogP contribution in [0, 0.1) is 0 Å². The monoisotopic (exact) mass is 1520 g/mol. The van der Waals surface area contributed by atoms with Crippen LogP contribution >= 0.6 is 81.2 Å². The highest BCUT2D eigenvalue weighted by Crippen LogP contribution is 2.48. The van der Waals surface area contributed by atoms with E-state index in [0.717, 1.165) is 83.2 Å². The van der Waals surface area contributed by atoms with Crippen LogP contribution < -0.4 is 21.7 Å². The van der Waals surface area contributed by atoms with E-state index < -0.39 is 16.4 Å². The topological polar surface area (TPSA) is 172 Å². The van der Waals surface area contributed by atoms with Gasteiger partial charge >= 0.3 is 12.2 Å². The Morgan fingerprint density at radius 2 is 0.748 bits per heavy atom. The van der Waals surface area contributed by atoms with Crippen molar-refractivity contribution in [1.82, 2.24) is 15.1 Å². The first-order valence-corrected chi connectivity index (χ1v) is 36.2. The molecule has 12 rings (SSSR count). The van der Waals surface area contributed by atoms with Crippen LogP contribution in [0.25, 0.3) is 0 Å². The number of ether oxygens (including phenoxy) is 2. The Kier molecular flexibility index (Phi) is 28.2. The van der Waals surface area contributed by atoms with Crippen molar-refractivity contribution in [1.29, 1.82) is 0 Å². The van der Waals surface area contributed by atoms with Crippen molar-refractivity contribution in [2.24, 2.45) is 0 Å². The molecular weight excluding hydrogens is 1440 g/mol. The molecule has 13 nitrogen and oxygen atoms in total. The van der Waals surface area contributed by atoms with Gasteiger partial charge in [-0.25, -0.2) is 9.59 Å². The lowest BCUT2D eigenvalue weighted by molar-refractivity contribution is 0.0192. The number of hydrogen-bond acceptors (Lipinski definition) is 9. The van der Waals surface area contributed by atoms with Crippen LogP contribution in [0.5, 0.6) is 0 Å². The Labute approximate surface area is 640 Å². The first-order valence-electron chi connectivity index (χ1n) is 33.6. The van der Waals surface area contributed by atoms with Crippen LogP contribution in [-0.2, 0) is 9.47 Å². The summed E-state index contributed by atoms with van der Waals surface area (Å²) in [6.07, 6.45) is 4.53. The molecule has 0 spiro atoms. The zero-order chi connectivity index (χ0) is 73.7. The zero-order valence-corrected chi connectivity index (χ0v) is 63.5. The number of nitrogen functional groups attached to an aromatic ring is 1. The van der Waals surface area contributed by atoms with E-state index >= 15 is 0 Å². The molecule has 0 fully saturated rings. The fourth-order valence-corrected chi connectivity index (χ4v) is 14.1. The third kappa shape index (κ3) is 21.3. The van der Waals surface area contributed by atoms with Gasteiger partial charge in [0.05, 0.1) is 42.2 Å². The minimum atomic E-state index is -0.600. The van der Waals surface area contributed by atoms with Gasteiger partial charge in [0, 0.05) is 71.6 Å². The van der Waals surface area contributed by atoms with Crippen molar-refractivity contribution >= 4 is 128 Å². The van der Waals surface area contributed by atoms with Gasteiger partial charge < -0.3 is 41.0 Å². The number of nitrogens with zero attached hydrogens (tertiary/aromatic N) is 2. The minimum Gasteiger partial charge on any atom is -0.444 e. The number of halogens is 7. The Bertz CT molecular complexity index is 4460. The summed E-state index contributed by atoms with van der Waals surface area (Å²) in [4.78, 5) is 64.6. The van der Waals surface area contributed by atoms with Gasteiger partial charge in [-0.2, -0.15) is 0 Å². The Hall–Kier alpha value is -8.08. The van der Waals surface area contributed by atoms with Crippen LogP contribution in [0.1, 0.15) is 205 Å². The average molecular weight is 1530 g/mol. The molecule has 6 atom stereocenters. The van der Waals surface area contributed by atoms with Crippen molar-refractivity contribution in [3.63, 3.8) is 0 Å². The number of hydrogen-bond donors (Lipinski definition) is 4. The number of anilines is 3. The number of carbonyl (C=O) groups excluding carboxylic acids is 5. The largest absolute Gasteiger partial charge is 0.444 e. The maximum absolute atomic E-state index is 13.0. The molecule has 0 heterocycles. The van der Waals surface area contributed by atoms with Crippen molar-refractivity contribution < 1.29 is 33.4 Å². The van der Waals surface area contributed by atoms with Crippen LogP contribution in [0.2, 0.25) is 30.1 Å². The lowest BCUT2D eigenvalue weighted by atomic mass is 9.76. The molecule has 9 aromatic carbocycles. The molecular formula is C83H87Cl7N6O7. The first kappa shape index (κ1) is 80.6. The SMILES string of the molecule is C.CN(C(=O)OC(C)(C)C)[C@H]1CC[C@@H](c2ccc(Cl)c(Cl)c2)c2ccc(N)cc21.CN(C(=O)OC(C)(C)C)[C@H]1CC[C@@H](c2ccc(Cl)c(Cl)c2)c2ccc(NC(=O)c3ccccc3)cc21.CN[C@H]1CC[C@@H](c2ccc(Cl)c(Cl)c2)c2ccc(NC(=O)c3ccccc3)cc21.O=C(Cl)c1ccccc1. The molecule has 3 aliphatic rings. The van der Waals surface area contributed by atoms with E-state index in [2.05, 4.69) is 28.1 Å². The van der Waals surface area contributed by atoms with E-state index in [1.54, 1.807) is 60.3 Å². The minimum absolute atomic E-state index is 0. The summed E-state index contributed by atoms with van der Waals surface area (Å²) in [5.74, 6) is 0.210. The van der Waals surface area contributed by atoms with Gasteiger partial charge in [-0.3, -0.25) is 14.4 Å². The van der Waals surface area contributed by atoms with Crippen LogP contribution in [0.4, 0.5) is 26.7 Å². The lowest BCUT2D eigenvalue weighted by Gasteiger charge is -2.38. The molecule has 0 saturated carbocycles.